The molecule has 0 aliphatic rings. The van der Waals surface area contributed by atoms with Crippen LogP contribution in [-0.4, -0.2) is 26.3 Å². The Balaban J connectivity index is 1.99. The van der Waals surface area contributed by atoms with Crippen LogP contribution >= 0.6 is 0 Å². The molecule has 0 bridgehead atoms. The van der Waals surface area contributed by atoms with E-state index in [1.54, 1.807) is 29.2 Å². The molecular weight excluding hydrogens is 254 g/mol. The maximum atomic E-state index is 10.5. The van der Waals surface area contributed by atoms with E-state index >= 15 is 0 Å². The van der Waals surface area contributed by atoms with E-state index in [1.165, 1.54) is 0 Å². The van der Waals surface area contributed by atoms with Gasteiger partial charge in [0.2, 0.25) is 0 Å². The first-order valence-electron chi connectivity index (χ1n) is 6.47. The monoisotopic (exact) mass is 269 g/mol. The number of aromatic nitrogens is 3. The summed E-state index contributed by atoms with van der Waals surface area (Å²) in [4.78, 5) is 4.10. The molecule has 0 fully saturated rings. The van der Waals surface area contributed by atoms with E-state index in [9.17, 15) is 5.11 Å². The van der Waals surface area contributed by atoms with Gasteiger partial charge in [-0.25, -0.2) is 4.52 Å². The molecule has 5 nitrogen and oxygen atoms in total. The second kappa shape index (κ2) is 5.30. The van der Waals surface area contributed by atoms with Crippen LogP contribution in [0.25, 0.3) is 5.52 Å². The molecule has 5 heteroatoms. The minimum absolute atomic E-state index is 0.567. The molecule has 3 rings (SSSR count). The fourth-order valence-electron chi connectivity index (χ4n) is 2.18. The highest BCUT2D eigenvalue weighted by Gasteiger charge is 2.16. The Morgan fingerprint density at radius 2 is 2.20 bits per heavy atom. The van der Waals surface area contributed by atoms with E-state index in [1.807, 2.05) is 31.3 Å². The van der Waals surface area contributed by atoms with Gasteiger partial charge in [0, 0.05) is 23.5 Å². The highest BCUT2D eigenvalue weighted by Crippen LogP contribution is 2.27. The van der Waals surface area contributed by atoms with Gasteiger partial charge in [-0.2, -0.15) is 5.10 Å². The van der Waals surface area contributed by atoms with Crippen LogP contribution in [0.15, 0.2) is 49.1 Å². The van der Waals surface area contributed by atoms with Crippen molar-refractivity contribution >= 4 is 5.52 Å². The molecule has 1 atom stereocenters. The zero-order valence-electron chi connectivity index (χ0n) is 11.1. The summed E-state index contributed by atoms with van der Waals surface area (Å²) in [6, 6.07) is 7.54. The highest BCUT2D eigenvalue weighted by molar-refractivity contribution is 5.56. The Bertz CT molecular complexity index is 724. The molecule has 0 saturated heterocycles. The fraction of sp³-hybridized carbons (Fsp3) is 0.200. The van der Waals surface area contributed by atoms with Gasteiger partial charge in [0.05, 0.1) is 24.5 Å². The Morgan fingerprint density at radius 3 is 3.05 bits per heavy atom. The predicted octanol–water partition coefficient (Wildman–Crippen LogP) is 2.21. The molecular formula is C15H15N3O2. The van der Waals surface area contributed by atoms with Gasteiger partial charge in [-0.15, -0.1) is 0 Å². The number of rotatable bonds is 4. The van der Waals surface area contributed by atoms with Gasteiger partial charge in [0.1, 0.15) is 11.9 Å². The number of aliphatic hydroxyl groups excluding tert-OH is 1. The maximum Gasteiger partial charge on any atom is 0.137 e. The number of ether oxygens (including phenoxy) is 1. The van der Waals surface area contributed by atoms with Crippen molar-refractivity contribution in [1.29, 1.82) is 0 Å². The molecule has 0 spiro atoms. The van der Waals surface area contributed by atoms with Gasteiger partial charge < -0.3 is 9.84 Å². The van der Waals surface area contributed by atoms with Crippen molar-refractivity contribution in [2.45, 2.75) is 13.0 Å². The number of hydrogen-bond donors (Lipinski definition) is 1. The zero-order valence-corrected chi connectivity index (χ0v) is 11.1. The standard InChI is InChI=1S/C15H15N3O2/c1-2-20-12-7-11(8-16-9-12)15(19)13-10-17-18-6-4-3-5-14(13)18/h3-10,15,19H,2H2,1H3. The topological polar surface area (TPSA) is 59.7 Å². The first kappa shape index (κ1) is 12.6. The van der Waals surface area contributed by atoms with E-state index in [4.69, 9.17) is 4.74 Å². The third-order valence-corrected chi connectivity index (χ3v) is 3.11. The van der Waals surface area contributed by atoms with Gasteiger partial charge in [-0.05, 0) is 25.1 Å². The molecule has 20 heavy (non-hydrogen) atoms. The number of hydrogen-bond acceptors (Lipinski definition) is 4. The molecule has 0 aliphatic carbocycles. The first-order chi connectivity index (χ1) is 9.79. The zero-order chi connectivity index (χ0) is 13.9. The van der Waals surface area contributed by atoms with Gasteiger partial charge in [0.25, 0.3) is 0 Å². The van der Waals surface area contributed by atoms with Crippen molar-refractivity contribution < 1.29 is 9.84 Å². The third-order valence-electron chi connectivity index (χ3n) is 3.11. The van der Waals surface area contributed by atoms with Crippen LogP contribution in [0, 0.1) is 0 Å². The lowest BCUT2D eigenvalue weighted by molar-refractivity contribution is 0.220. The Kier molecular flexibility index (Phi) is 3.35. The summed E-state index contributed by atoms with van der Waals surface area (Å²) in [6.45, 7) is 2.48. The summed E-state index contributed by atoms with van der Waals surface area (Å²) < 4.78 is 7.14. The van der Waals surface area contributed by atoms with Crippen molar-refractivity contribution in [2.24, 2.45) is 0 Å². The Labute approximate surface area is 116 Å². The van der Waals surface area contributed by atoms with E-state index in [0.29, 0.717) is 17.9 Å². The molecule has 1 N–H and O–H groups in total. The summed E-state index contributed by atoms with van der Waals surface area (Å²) in [5.74, 6) is 0.653. The largest absolute Gasteiger partial charge is 0.492 e. The molecule has 3 aromatic rings. The van der Waals surface area contributed by atoms with Gasteiger partial charge in [0.15, 0.2) is 0 Å². The molecule has 0 aliphatic heterocycles. The van der Waals surface area contributed by atoms with Crippen molar-refractivity contribution in [2.75, 3.05) is 6.61 Å². The van der Waals surface area contributed by atoms with E-state index in [2.05, 4.69) is 10.1 Å². The van der Waals surface area contributed by atoms with Crippen molar-refractivity contribution in [3.8, 4) is 5.75 Å². The van der Waals surface area contributed by atoms with Crippen molar-refractivity contribution in [3.63, 3.8) is 0 Å². The van der Waals surface area contributed by atoms with Gasteiger partial charge in [-0.3, -0.25) is 4.98 Å². The van der Waals surface area contributed by atoms with E-state index in [0.717, 1.165) is 11.1 Å². The van der Waals surface area contributed by atoms with Crippen LogP contribution < -0.4 is 4.74 Å². The highest BCUT2D eigenvalue weighted by atomic mass is 16.5. The number of pyridine rings is 2. The number of aliphatic hydroxyl groups is 1. The molecule has 1 unspecified atom stereocenters. The molecule has 102 valence electrons. The normalized spacial score (nSPS) is 12.5. The van der Waals surface area contributed by atoms with Gasteiger partial charge in [-0.1, -0.05) is 6.07 Å². The van der Waals surface area contributed by atoms with Crippen LogP contribution in [0.2, 0.25) is 0 Å². The smallest absolute Gasteiger partial charge is 0.137 e. The molecule has 0 amide bonds. The molecule has 0 aromatic carbocycles. The average Bonchev–Trinajstić information content (AvgIpc) is 2.91. The summed E-state index contributed by atoms with van der Waals surface area (Å²) in [5.41, 5.74) is 2.32. The lowest BCUT2D eigenvalue weighted by Crippen LogP contribution is -2.01. The fourth-order valence-corrected chi connectivity index (χ4v) is 2.18. The number of fused-ring (bicyclic) bond motifs is 1. The quantitative estimate of drug-likeness (QED) is 0.789. The Hall–Kier alpha value is -2.40. The van der Waals surface area contributed by atoms with Crippen LogP contribution in [-0.2, 0) is 0 Å². The average molecular weight is 269 g/mol. The minimum Gasteiger partial charge on any atom is -0.492 e. The SMILES string of the molecule is CCOc1cncc(C(O)c2cnn3ccccc23)c1. The van der Waals surface area contributed by atoms with E-state index in [-0.39, 0.29) is 0 Å². The van der Waals surface area contributed by atoms with Crippen molar-refractivity contribution in [1.82, 2.24) is 14.6 Å². The van der Waals surface area contributed by atoms with E-state index < -0.39 is 6.10 Å². The first-order valence-corrected chi connectivity index (χ1v) is 6.47. The minimum atomic E-state index is -0.775. The van der Waals surface area contributed by atoms with Crippen LogP contribution in [0.3, 0.4) is 0 Å². The van der Waals surface area contributed by atoms with Crippen LogP contribution in [0.5, 0.6) is 5.75 Å². The summed E-state index contributed by atoms with van der Waals surface area (Å²) >= 11 is 0. The van der Waals surface area contributed by atoms with Gasteiger partial charge >= 0.3 is 0 Å². The lowest BCUT2D eigenvalue weighted by atomic mass is 10.0. The lowest BCUT2D eigenvalue weighted by Gasteiger charge is -2.11. The van der Waals surface area contributed by atoms with Crippen LogP contribution in [0.1, 0.15) is 24.2 Å². The summed E-state index contributed by atoms with van der Waals surface area (Å²) in [6.07, 6.45) is 6.02. The second-order valence-electron chi connectivity index (χ2n) is 4.42. The maximum absolute atomic E-state index is 10.5. The van der Waals surface area contributed by atoms with Crippen LogP contribution in [0.4, 0.5) is 0 Å². The third kappa shape index (κ3) is 2.23. The molecule has 3 aromatic heterocycles. The van der Waals surface area contributed by atoms with Crippen molar-refractivity contribution in [3.05, 3.63) is 60.2 Å². The number of nitrogens with zero attached hydrogens (tertiary/aromatic N) is 3. The second-order valence-corrected chi connectivity index (χ2v) is 4.42. The Morgan fingerprint density at radius 1 is 1.30 bits per heavy atom. The summed E-state index contributed by atoms with van der Waals surface area (Å²) in [5, 5.41) is 14.8. The molecule has 0 radical (unpaired) electrons. The summed E-state index contributed by atoms with van der Waals surface area (Å²) in [7, 11) is 0. The molecule has 0 saturated carbocycles. The molecule has 3 heterocycles. The predicted molar refractivity (Wildman–Crippen MR) is 74.7 cm³/mol.